The molecule has 4 rings (SSSR count). The van der Waals surface area contributed by atoms with Gasteiger partial charge in [-0.1, -0.05) is 41.7 Å². The van der Waals surface area contributed by atoms with Gasteiger partial charge in [-0.25, -0.2) is 13.4 Å². The number of ether oxygens (including phenoxy) is 1. The van der Waals surface area contributed by atoms with Crippen molar-refractivity contribution in [2.24, 2.45) is 0 Å². The Labute approximate surface area is 167 Å². The van der Waals surface area contributed by atoms with Gasteiger partial charge < -0.3 is 10.1 Å². The maximum atomic E-state index is 12.3. The van der Waals surface area contributed by atoms with Crippen molar-refractivity contribution in [2.75, 3.05) is 11.1 Å². The lowest BCUT2D eigenvalue weighted by Crippen LogP contribution is -2.14. The lowest BCUT2D eigenvalue weighted by atomic mass is 10.1. The van der Waals surface area contributed by atoms with Crippen LogP contribution < -0.4 is 10.1 Å². The molecule has 1 N–H and O–H groups in total. The maximum absolute atomic E-state index is 12.3. The van der Waals surface area contributed by atoms with E-state index in [0.29, 0.717) is 11.7 Å². The first-order valence-electron chi connectivity index (χ1n) is 8.82. The van der Waals surface area contributed by atoms with Crippen LogP contribution in [0.3, 0.4) is 0 Å². The normalized spacial score (nSPS) is 12.6. The van der Waals surface area contributed by atoms with E-state index in [1.165, 1.54) is 11.3 Å². The standard InChI is InChI=1S/C20H18N2O4S2/c23-18(11-6-12-28(24,25)14-7-2-1-3-8-14)21-20-22-19-15-9-4-5-10-16(15)26-13-17(19)27-20/h1-5,7-10H,6,11-13H2,(H,21,22,23). The summed E-state index contributed by atoms with van der Waals surface area (Å²) in [5.74, 6) is 0.466. The molecular weight excluding hydrogens is 396 g/mol. The number of sulfone groups is 1. The Morgan fingerprint density at radius 3 is 2.68 bits per heavy atom. The Kier molecular flexibility index (Phi) is 5.15. The number of nitrogens with zero attached hydrogens (tertiary/aromatic N) is 1. The summed E-state index contributed by atoms with van der Waals surface area (Å²) in [6.07, 6.45) is 0.365. The van der Waals surface area contributed by atoms with E-state index in [1.54, 1.807) is 30.3 Å². The molecule has 0 unspecified atom stereocenters. The molecule has 1 aliphatic rings. The molecule has 0 bridgehead atoms. The molecule has 0 saturated heterocycles. The minimum Gasteiger partial charge on any atom is -0.487 e. The van der Waals surface area contributed by atoms with Gasteiger partial charge in [-0.2, -0.15) is 0 Å². The Morgan fingerprint density at radius 1 is 1.11 bits per heavy atom. The van der Waals surface area contributed by atoms with Crippen LogP contribution in [0.4, 0.5) is 5.13 Å². The van der Waals surface area contributed by atoms with Gasteiger partial charge in [-0.15, -0.1) is 0 Å². The Bertz CT molecular complexity index is 1110. The van der Waals surface area contributed by atoms with Crippen LogP contribution in [-0.4, -0.2) is 25.1 Å². The highest BCUT2D eigenvalue weighted by Gasteiger charge is 2.22. The van der Waals surface area contributed by atoms with Crippen LogP contribution in [0.1, 0.15) is 17.7 Å². The van der Waals surface area contributed by atoms with E-state index in [-0.39, 0.29) is 29.4 Å². The molecule has 144 valence electrons. The monoisotopic (exact) mass is 414 g/mol. The number of hydrogen-bond acceptors (Lipinski definition) is 6. The van der Waals surface area contributed by atoms with E-state index < -0.39 is 9.84 Å². The van der Waals surface area contributed by atoms with Gasteiger partial charge in [0.25, 0.3) is 0 Å². The fourth-order valence-corrected chi connectivity index (χ4v) is 5.23. The van der Waals surface area contributed by atoms with Gasteiger partial charge in [-0.3, -0.25) is 4.79 Å². The van der Waals surface area contributed by atoms with E-state index in [9.17, 15) is 13.2 Å². The molecule has 0 radical (unpaired) electrons. The first-order valence-corrected chi connectivity index (χ1v) is 11.3. The number of carbonyl (C=O) groups is 1. The molecule has 6 nitrogen and oxygen atoms in total. The van der Waals surface area contributed by atoms with E-state index >= 15 is 0 Å². The average Bonchev–Trinajstić information content (AvgIpc) is 3.11. The highest BCUT2D eigenvalue weighted by Crippen LogP contribution is 2.40. The third-order valence-corrected chi connectivity index (χ3v) is 7.12. The number of aromatic nitrogens is 1. The van der Waals surface area contributed by atoms with Crippen LogP contribution in [0, 0.1) is 0 Å². The molecule has 3 aromatic rings. The minimum absolute atomic E-state index is 0.0694. The Balaban J connectivity index is 1.36. The summed E-state index contributed by atoms with van der Waals surface area (Å²) in [5, 5.41) is 3.28. The molecule has 0 spiro atoms. The minimum atomic E-state index is -3.37. The van der Waals surface area contributed by atoms with Crippen molar-refractivity contribution in [1.29, 1.82) is 0 Å². The highest BCUT2D eigenvalue weighted by atomic mass is 32.2. The van der Waals surface area contributed by atoms with Gasteiger partial charge in [0.15, 0.2) is 15.0 Å². The number of anilines is 1. The van der Waals surface area contributed by atoms with Crippen LogP contribution in [0.5, 0.6) is 5.75 Å². The fourth-order valence-electron chi connectivity index (χ4n) is 3.00. The van der Waals surface area contributed by atoms with Crippen molar-refractivity contribution in [2.45, 2.75) is 24.3 Å². The molecule has 0 fully saturated rings. The first kappa shape index (κ1) is 18.6. The van der Waals surface area contributed by atoms with Crippen LogP contribution >= 0.6 is 11.3 Å². The molecule has 2 heterocycles. The van der Waals surface area contributed by atoms with Gasteiger partial charge in [-0.05, 0) is 30.7 Å². The molecule has 0 atom stereocenters. The number of hydrogen-bond donors (Lipinski definition) is 1. The fraction of sp³-hybridized carbons (Fsp3) is 0.200. The zero-order valence-corrected chi connectivity index (χ0v) is 16.6. The maximum Gasteiger partial charge on any atom is 0.226 e. The topological polar surface area (TPSA) is 85.4 Å². The van der Waals surface area contributed by atoms with Crippen LogP contribution in [0.2, 0.25) is 0 Å². The van der Waals surface area contributed by atoms with E-state index in [0.717, 1.165) is 21.9 Å². The van der Waals surface area contributed by atoms with Crippen LogP contribution in [0.25, 0.3) is 11.3 Å². The summed E-state index contributed by atoms with van der Waals surface area (Å²) in [6, 6.07) is 15.9. The van der Waals surface area contributed by atoms with Crippen molar-refractivity contribution >= 4 is 32.2 Å². The number of fused-ring (bicyclic) bond motifs is 3. The van der Waals surface area contributed by atoms with Gasteiger partial charge >= 0.3 is 0 Å². The van der Waals surface area contributed by atoms with Gasteiger partial charge in [0, 0.05) is 12.0 Å². The summed E-state index contributed by atoms with van der Waals surface area (Å²) >= 11 is 1.38. The van der Waals surface area contributed by atoms with Crippen molar-refractivity contribution in [3.8, 4) is 17.0 Å². The number of para-hydroxylation sites is 1. The second-order valence-corrected chi connectivity index (χ2v) is 9.55. The Morgan fingerprint density at radius 2 is 1.86 bits per heavy atom. The van der Waals surface area contributed by atoms with Gasteiger partial charge in [0.05, 0.1) is 21.2 Å². The molecule has 1 aliphatic heterocycles. The molecule has 1 aromatic heterocycles. The third-order valence-electron chi connectivity index (χ3n) is 4.36. The quantitative estimate of drug-likeness (QED) is 0.661. The average molecular weight is 415 g/mol. The second kappa shape index (κ2) is 7.73. The van der Waals surface area contributed by atoms with E-state index in [1.807, 2.05) is 24.3 Å². The SMILES string of the molecule is O=C(CCCS(=O)(=O)c1ccccc1)Nc1nc2c(s1)COc1ccccc1-2. The van der Waals surface area contributed by atoms with E-state index in [2.05, 4.69) is 10.3 Å². The highest BCUT2D eigenvalue weighted by molar-refractivity contribution is 7.91. The number of carbonyl (C=O) groups excluding carboxylic acids is 1. The first-order chi connectivity index (χ1) is 13.5. The van der Waals surface area contributed by atoms with Crippen molar-refractivity contribution < 1.29 is 17.9 Å². The Hall–Kier alpha value is -2.71. The predicted molar refractivity (Wildman–Crippen MR) is 108 cm³/mol. The molecule has 8 heteroatoms. The van der Waals surface area contributed by atoms with Crippen molar-refractivity contribution in [1.82, 2.24) is 4.98 Å². The number of benzene rings is 2. The summed E-state index contributed by atoms with van der Waals surface area (Å²) in [7, 11) is -3.37. The zero-order chi connectivity index (χ0) is 19.6. The number of amides is 1. The zero-order valence-electron chi connectivity index (χ0n) is 14.9. The van der Waals surface area contributed by atoms with E-state index in [4.69, 9.17) is 4.74 Å². The number of rotatable bonds is 6. The predicted octanol–water partition coefficient (Wildman–Crippen LogP) is 3.90. The lowest BCUT2D eigenvalue weighted by molar-refractivity contribution is -0.116. The molecule has 28 heavy (non-hydrogen) atoms. The second-order valence-electron chi connectivity index (χ2n) is 6.36. The molecule has 0 aliphatic carbocycles. The summed E-state index contributed by atoms with van der Waals surface area (Å²) < 4.78 is 30.2. The summed E-state index contributed by atoms with van der Waals surface area (Å²) in [4.78, 5) is 18.0. The van der Waals surface area contributed by atoms with Crippen molar-refractivity contribution in [3.05, 3.63) is 59.5 Å². The van der Waals surface area contributed by atoms with Crippen molar-refractivity contribution in [3.63, 3.8) is 0 Å². The summed E-state index contributed by atoms with van der Waals surface area (Å²) in [5.41, 5.74) is 1.74. The number of thiazole rings is 1. The van der Waals surface area contributed by atoms with Gasteiger partial charge in [0.1, 0.15) is 12.4 Å². The van der Waals surface area contributed by atoms with Crippen LogP contribution in [0.15, 0.2) is 59.5 Å². The van der Waals surface area contributed by atoms with Gasteiger partial charge in [0.2, 0.25) is 5.91 Å². The molecule has 0 saturated carbocycles. The third kappa shape index (κ3) is 3.93. The molecule has 2 aromatic carbocycles. The number of nitrogens with one attached hydrogen (secondary N) is 1. The smallest absolute Gasteiger partial charge is 0.226 e. The van der Waals surface area contributed by atoms with Crippen LogP contribution in [-0.2, 0) is 21.2 Å². The molecular formula is C20H18N2O4S2. The summed E-state index contributed by atoms with van der Waals surface area (Å²) in [6.45, 7) is 0.426. The largest absolute Gasteiger partial charge is 0.487 e. The molecule has 1 amide bonds. The lowest BCUT2D eigenvalue weighted by Gasteiger charge is -2.15.